The number of rotatable bonds is 2. The molecule has 1 saturated heterocycles. The van der Waals surface area contributed by atoms with E-state index in [0.717, 1.165) is 51.9 Å². The van der Waals surface area contributed by atoms with Crippen LogP contribution in [0.2, 0.25) is 0 Å². The average molecular weight is 368 g/mol. The SMILES string of the molecule is Cc1cc(C)c2cc(C(=O)NN3C(=O)NC4(CCCCC4)C3=O)[nH]c2c1C. The number of carbonyl (C=O) groups excluding carboxylic acids is 3. The van der Waals surface area contributed by atoms with Crippen LogP contribution in [0.15, 0.2) is 12.1 Å². The van der Waals surface area contributed by atoms with Gasteiger partial charge in [-0.1, -0.05) is 25.3 Å². The van der Waals surface area contributed by atoms with E-state index in [-0.39, 0.29) is 5.91 Å². The Balaban J connectivity index is 1.60. The third-order valence-corrected chi connectivity index (χ3v) is 5.97. The summed E-state index contributed by atoms with van der Waals surface area (Å²) in [6, 6.07) is 3.29. The van der Waals surface area contributed by atoms with Crippen molar-refractivity contribution >= 4 is 28.7 Å². The van der Waals surface area contributed by atoms with Crippen molar-refractivity contribution < 1.29 is 14.4 Å². The quantitative estimate of drug-likeness (QED) is 0.711. The standard InChI is InChI=1S/C20H24N4O3/c1-11-9-12(2)14-10-15(21-16(14)13(11)3)17(25)23-24-18(26)20(22-19(24)27)7-5-4-6-8-20/h9-10,21H,4-8H2,1-3H3,(H,22,27)(H,23,25). The van der Waals surface area contributed by atoms with Gasteiger partial charge < -0.3 is 10.3 Å². The number of aryl methyl sites for hydroxylation is 3. The number of aromatic nitrogens is 1. The number of amides is 4. The molecule has 0 atom stereocenters. The monoisotopic (exact) mass is 368 g/mol. The Bertz CT molecular complexity index is 969. The largest absolute Gasteiger partial charge is 0.350 e. The van der Waals surface area contributed by atoms with Crippen LogP contribution < -0.4 is 10.7 Å². The molecule has 2 fully saturated rings. The van der Waals surface area contributed by atoms with Crippen LogP contribution in [0.1, 0.15) is 59.3 Å². The fourth-order valence-corrected chi connectivity index (χ4v) is 4.27. The van der Waals surface area contributed by atoms with E-state index >= 15 is 0 Å². The molecule has 4 amide bonds. The van der Waals surface area contributed by atoms with Crippen molar-refractivity contribution in [2.24, 2.45) is 0 Å². The molecule has 2 heterocycles. The van der Waals surface area contributed by atoms with Crippen molar-refractivity contribution in [1.29, 1.82) is 0 Å². The highest BCUT2D eigenvalue weighted by atomic mass is 16.2. The van der Waals surface area contributed by atoms with Gasteiger partial charge in [-0.15, -0.1) is 0 Å². The molecular formula is C20H24N4O3. The van der Waals surface area contributed by atoms with E-state index in [9.17, 15) is 14.4 Å². The number of imide groups is 1. The summed E-state index contributed by atoms with van der Waals surface area (Å²) >= 11 is 0. The Labute approximate surface area is 157 Å². The third-order valence-electron chi connectivity index (χ3n) is 5.97. The summed E-state index contributed by atoms with van der Waals surface area (Å²) in [4.78, 5) is 41.0. The lowest BCUT2D eigenvalue weighted by molar-refractivity contribution is -0.134. The van der Waals surface area contributed by atoms with Crippen LogP contribution in [0.3, 0.4) is 0 Å². The van der Waals surface area contributed by atoms with E-state index < -0.39 is 17.5 Å². The van der Waals surface area contributed by atoms with Gasteiger partial charge >= 0.3 is 6.03 Å². The Morgan fingerprint density at radius 3 is 2.48 bits per heavy atom. The molecule has 27 heavy (non-hydrogen) atoms. The van der Waals surface area contributed by atoms with Crippen molar-refractivity contribution in [3.63, 3.8) is 0 Å². The third kappa shape index (κ3) is 2.69. The van der Waals surface area contributed by atoms with Gasteiger partial charge in [-0.25, -0.2) is 4.79 Å². The van der Waals surface area contributed by atoms with Crippen molar-refractivity contribution in [3.05, 3.63) is 34.5 Å². The summed E-state index contributed by atoms with van der Waals surface area (Å²) in [6.45, 7) is 6.02. The van der Waals surface area contributed by atoms with Crippen molar-refractivity contribution in [2.45, 2.75) is 58.4 Å². The number of hydrazine groups is 1. The molecule has 142 valence electrons. The van der Waals surface area contributed by atoms with Gasteiger partial charge in [-0.05, 0) is 56.4 Å². The highest BCUT2D eigenvalue weighted by Gasteiger charge is 2.52. The maximum atomic E-state index is 12.8. The number of aromatic amines is 1. The van der Waals surface area contributed by atoms with Crippen LogP contribution in [0.25, 0.3) is 10.9 Å². The lowest BCUT2D eigenvalue weighted by Crippen LogP contribution is -2.51. The first-order valence-corrected chi connectivity index (χ1v) is 9.40. The molecule has 1 spiro atoms. The van der Waals surface area contributed by atoms with E-state index in [4.69, 9.17) is 0 Å². The predicted molar refractivity (Wildman–Crippen MR) is 101 cm³/mol. The van der Waals surface area contributed by atoms with Crippen LogP contribution in [0, 0.1) is 20.8 Å². The number of benzene rings is 1. The van der Waals surface area contributed by atoms with Gasteiger partial charge in [0.15, 0.2) is 0 Å². The van der Waals surface area contributed by atoms with E-state index in [0.29, 0.717) is 18.5 Å². The molecule has 3 N–H and O–H groups in total. The highest BCUT2D eigenvalue weighted by Crippen LogP contribution is 2.33. The van der Waals surface area contributed by atoms with Crippen molar-refractivity contribution in [2.75, 3.05) is 0 Å². The molecule has 2 aromatic rings. The summed E-state index contributed by atoms with van der Waals surface area (Å²) in [5, 5.41) is 4.59. The first-order chi connectivity index (χ1) is 12.8. The van der Waals surface area contributed by atoms with Gasteiger partial charge in [-0.2, -0.15) is 5.01 Å². The zero-order valence-corrected chi connectivity index (χ0v) is 15.9. The summed E-state index contributed by atoms with van der Waals surface area (Å²) in [6.07, 6.45) is 4.09. The summed E-state index contributed by atoms with van der Waals surface area (Å²) < 4.78 is 0. The number of urea groups is 1. The minimum Gasteiger partial charge on any atom is -0.350 e. The number of hydrogen-bond acceptors (Lipinski definition) is 3. The van der Waals surface area contributed by atoms with E-state index in [1.807, 2.05) is 20.8 Å². The van der Waals surface area contributed by atoms with Crippen LogP contribution in [0.4, 0.5) is 4.79 Å². The van der Waals surface area contributed by atoms with Gasteiger partial charge in [0, 0.05) is 10.9 Å². The lowest BCUT2D eigenvalue weighted by Gasteiger charge is -2.30. The molecule has 1 aliphatic heterocycles. The van der Waals surface area contributed by atoms with Crippen LogP contribution >= 0.6 is 0 Å². The van der Waals surface area contributed by atoms with Gasteiger partial charge in [0.1, 0.15) is 11.2 Å². The average Bonchev–Trinajstić information content (AvgIpc) is 3.18. The fraction of sp³-hybridized carbons (Fsp3) is 0.450. The Hall–Kier alpha value is -2.83. The Morgan fingerprint density at radius 2 is 1.78 bits per heavy atom. The molecule has 0 unspecified atom stereocenters. The Kier molecular flexibility index (Phi) is 3.98. The molecule has 1 aromatic carbocycles. The summed E-state index contributed by atoms with van der Waals surface area (Å²) in [5.74, 6) is -0.862. The fourth-order valence-electron chi connectivity index (χ4n) is 4.27. The summed E-state index contributed by atoms with van der Waals surface area (Å²) in [7, 11) is 0. The summed E-state index contributed by atoms with van der Waals surface area (Å²) in [5.41, 5.74) is 6.14. The van der Waals surface area contributed by atoms with E-state index in [1.54, 1.807) is 6.07 Å². The molecule has 1 aromatic heterocycles. The molecule has 1 aliphatic carbocycles. The number of carbonyl (C=O) groups is 3. The van der Waals surface area contributed by atoms with E-state index in [2.05, 4.69) is 21.8 Å². The second-order valence-electron chi connectivity index (χ2n) is 7.76. The minimum atomic E-state index is -0.854. The van der Waals surface area contributed by atoms with Crippen molar-refractivity contribution in [1.82, 2.24) is 20.7 Å². The number of nitrogens with one attached hydrogen (secondary N) is 3. The lowest BCUT2D eigenvalue weighted by atomic mass is 9.82. The normalized spacial score (nSPS) is 19.0. The number of nitrogens with zero attached hydrogens (tertiary/aromatic N) is 1. The van der Waals surface area contributed by atoms with E-state index in [1.165, 1.54) is 0 Å². The maximum Gasteiger partial charge on any atom is 0.344 e. The second-order valence-corrected chi connectivity index (χ2v) is 7.76. The molecular weight excluding hydrogens is 344 g/mol. The topological polar surface area (TPSA) is 94.3 Å². The molecule has 7 heteroatoms. The smallest absolute Gasteiger partial charge is 0.344 e. The van der Waals surface area contributed by atoms with Gasteiger partial charge in [0.25, 0.3) is 11.8 Å². The first kappa shape index (κ1) is 17.6. The molecule has 4 rings (SSSR count). The predicted octanol–water partition coefficient (Wildman–Crippen LogP) is 2.99. The zero-order chi connectivity index (χ0) is 19.3. The van der Waals surface area contributed by atoms with Crippen LogP contribution in [-0.2, 0) is 4.79 Å². The van der Waals surface area contributed by atoms with Crippen molar-refractivity contribution in [3.8, 4) is 0 Å². The number of H-pyrrole nitrogens is 1. The molecule has 2 aliphatic rings. The zero-order valence-electron chi connectivity index (χ0n) is 15.9. The first-order valence-electron chi connectivity index (χ1n) is 9.40. The molecule has 1 saturated carbocycles. The van der Waals surface area contributed by atoms with Crippen LogP contribution in [0.5, 0.6) is 0 Å². The number of hydrogen-bond donors (Lipinski definition) is 3. The highest BCUT2D eigenvalue weighted by molar-refractivity contribution is 6.09. The van der Waals surface area contributed by atoms with Gasteiger partial charge in [0.05, 0.1) is 0 Å². The van der Waals surface area contributed by atoms with Gasteiger partial charge in [0.2, 0.25) is 0 Å². The molecule has 0 radical (unpaired) electrons. The molecule has 7 nitrogen and oxygen atoms in total. The molecule has 0 bridgehead atoms. The Morgan fingerprint density at radius 1 is 1.07 bits per heavy atom. The van der Waals surface area contributed by atoms with Crippen LogP contribution in [-0.4, -0.2) is 33.4 Å². The van der Waals surface area contributed by atoms with Gasteiger partial charge in [-0.3, -0.25) is 15.0 Å². The minimum absolute atomic E-state index is 0.326. The maximum absolute atomic E-state index is 12.8. The second kappa shape index (κ2) is 6.11. The number of fused-ring (bicyclic) bond motifs is 1.